The summed E-state index contributed by atoms with van der Waals surface area (Å²) in [6.07, 6.45) is 6.13. The van der Waals surface area contributed by atoms with Gasteiger partial charge in [-0.1, -0.05) is 6.92 Å². The van der Waals surface area contributed by atoms with Crippen molar-refractivity contribution in [3.05, 3.63) is 18.1 Å². The molecule has 1 aliphatic rings. The first kappa shape index (κ1) is 12.3. The van der Waals surface area contributed by atoms with Crippen LogP contribution in [0.25, 0.3) is 0 Å². The molecule has 4 nitrogen and oxygen atoms in total. The summed E-state index contributed by atoms with van der Waals surface area (Å²) in [6.45, 7) is 8.59. The number of nitrogens with zero attached hydrogens (tertiary/aromatic N) is 3. The molecule has 0 aromatic carbocycles. The smallest absolute Gasteiger partial charge is 0.150 e. The third-order valence-electron chi connectivity index (χ3n) is 3.36. The molecule has 2 heterocycles. The molecule has 1 saturated heterocycles. The average molecular weight is 234 g/mol. The van der Waals surface area contributed by atoms with E-state index in [4.69, 9.17) is 0 Å². The van der Waals surface area contributed by atoms with Gasteiger partial charge in [0.05, 0.1) is 5.69 Å². The summed E-state index contributed by atoms with van der Waals surface area (Å²) in [5.74, 6) is 1.80. The van der Waals surface area contributed by atoms with Gasteiger partial charge < -0.3 is 10.2 Å². The highest BCUT2D eigenvalue weighted by atomic mass is 15.2. The van der Waals surface area contributed by atoms with E-state index in [1.807, 2.05) is 6.92 Å². The second kappa shape index (κ2) is 5.96. The van der Waals surface area contributed by atoms with Gasteiger partial charge in [-0.25, -0.2) is 4.98 Å². The Bertz CT molecular complexity index is 353. The lowest BCUT2D eigenvalue weighted by molar-refractivity contribution is 0.393. The second-order valence-electron chi connectivity index (χ2n) is 4.73. The number of rotatable bonds is 4. The summed E-state index contributed by atoms with van der Waals surface area (Å²) in [4.78, 5) is 11.2. The van der Waals surface area contributed by atoms with Crippen molar-refractivity contribution in [3.63, 3.8) is 0 Å². The highest BCUT2D eigenvalue weighted by molar-refractivity contribution is 5.42. The number of aromatic nitrogens is 2. The van der Waals surface area contributed by atoms with E-state index in [0.717, 1.165) is 43.6 Å². The van der Waals surface area contributed by atoms with E-state index >= 15 is 0 Å². The monoisotopic (exact) mass is 234 g/mol. The zero-order valence-electron chi connectivity index (χ0n) is 10.8. The Hall–Kier alpha value is -1.16. The molecule has 0 radical (unpaired) electrons. The molecule has 2 rings (SSSR count). The van der Waals surface area contributed by atoms with Crippen molar-refractivity contribution in [2.24, 2.45) is 5.92 Å². The van der Waals surface area contributed by atoms with Crippen LogP contribution in [-0.4, -0.2) is 36.1 Å². The molecular formula is C13H22N4. The lowest BCUT2D eigenvalue weighted by Gasteiger charge is -2.34. The van der Waals surface area contributed by atoms with Crippen LogP contribution < -0.4 is 10.2 Å². The van der Waals surface area contributed by atoms with Gasteiger partial charge in [0.25, 0.3) is 0 Å². The Morgan fingerprint density at radius 3 is 3.00 bits per heavy atom. The van der Waals surface area contributed by atoms with Crippen LogP contribution in [0.3, 0.4) is 0 Å². The zero-order chi connectivity index (χ0) is 12.1. The fourth-order valence-corrected chi connectivity index (χ4v) is 2.48. The molecule has 1 unspecified atom stereocenters. The first-order chi connectivity index (χ1) is 8.31. The summed E-state index contributed by atoms with van der Waals surface area (Å²) in [7, 11) is 0. The van der Waals surface area contributed by atoms with E-state index in [1.54, 1.807) is 12.4 Å². The first-order valence-corrected chi connectivity index (χ1v) is 6.54. The Morgan fingerprint density at radius 1 is 1.41 bits per heavy atom. The molecule has 0 aliphatic carbocycles. The van der Waals surface area contributed by atoms with Gasteiger partial charge in [-0.2, -0.15) is 0 Å². The molecule has 17 heavy (non-hydrogen) atoms. The minimum absolute atomic E-state index is 0.741. The molecule has 0 amide bonds. The maximum atomic E-state index is 4.46. The average Bonchev–Trinajstić information content (AvgIpc) is 2.37. The number of hydrogen-bond acceptors (Lipinski definition) is 4. The van der Waals surface area contributed by atoms with Crippen molar-refractivity contribution in [1.82, 2.24) is 15.3 Å². The normalized spacial score (nSPS) is 20.6. The van der Waals surface area contributed by atoms with Crippen LogP contribution in [0.5, 0.6) is 0 Å². The van der Waals surface area contributed by atoms with Crippen molar-refractivity contribution >= 4 is 5.82 Å². The summed E-state index contributed by atoms with van der Waals surface area (Å²) < 4.78 is 0. The number of anilines is 1. The minimum Gasteiger partial charge on any atom is -0.355 e. The molecule has 1 atom stereocenters. The van der Waals surface area contributed by atoms with Gasteiger partial charge in [0.15, 0.2) is 0 Å². The third kappa shape index (κ3) is 3.16. The highest BCUT2D eigenvalue weighted by Gasteiger charge is 2.21. The van der Waals surface area contributed by atoms with Crippen LogP contribution in [0.15, 0.2) is 12.4 Å². The molecule has 94 valence electrons. The fraction of sp³-hybridized carbons (Fsp3) is 0.692. The van der Waals surface area contributed by atoms with Crippen LogP contribution in [0.2, 0.25) is 0 Å². The highest BCUT2D eigenvalue weighted by Crippen LogP contribution is 2.22. The standard InChI is InChI=1S/C13H22N4/c1-3-14-9-12-5-4-8-17(10-12)13-11(2)15-6-7-16-13/h6-7,12,14H,3-5,8-10H2,1-2H3. The van der Waals surface area contributed by atoms with Crippen LogP contribution >= 0.6 is 0 Å². The lowest BCUT2D eigenvalue weighted by Crippen LogP contribution is -2.40. The summed E-state index contributed by atoms with van der Waals surface area (Å²) in [5, 5.41) is 3.44. The molecule has 4 heteroatoms. The van der Waals surface area contributed by atoms with Gasteiger partial charge in [-0.15, -0.1) is 0 Å². The van der Waals surface area contributed by atoms with Crippen molar-refractivity contribution in [1.29, 1.82) is 0 Å². The second-order valence-corrected chi connectivity index (χ2v) is 4.73. The quantitative estimate of drug-likeness (QED) is 0.859. The van der Waals surface area contributed by atoms with Crippen LogP contribution in [0.1, 0.15) is 25.5 Å². The van der Waals surface area contributed by atoms with E-state index in [1.165, 1.54) is 12.8 Å². The maximum Gasteiger partial charge on any atom is 0.150 e. The van der Waals surface area contributed by atoms with Gasteiger partial charge in [0.2, 0.25) is 0 Å². The predicted molar refractivity (Wildman–Crippen MR) is 70.2 cm³/mol. The largest absolute Gasteiger partial charge is 0.355 e. The number of hydrogen-bond donors (Lipinski definition) is 1. The molecule has 1 N–H and O–H groups in total. The van der Waals surface area contributed by atoms with Gasteiger partial charge in [-0.3, -0.25) is 4.98 Å². The molecule has 1 aromatic rings. The van der Waals surface area contributed by atoms with Gasteiger partial charge >= 0.3 is 0 Å². The zero-order valence-corrected chi connectivity index (χ0v) is 10.8. The fourth-order valence-electron chi connectivity index (χ4n) is 2.48. The van der Waals surface area contributed by atoms with E-state index in [9.17, 15) is 0 Å². The molecule has 1 aromatic heterocycles. The van der Waals surface area contributed by atoms with E-state index < -0.39 is 0 Å². The molecule has 0 saturated carbocycles. The van der Waals surface area contributed by atoms with Crippen LogP contribution in [0.4, 0.5) is 5.82 Å². The Morgan fingerprint density at radius 2 is 2.24 bits per heavy atom. The van der Waals surface area contributed by atoms with Crippen molar-refractivity contribution in [2.45, 2.75) is 26.7 Å². The number of nitrogens with one attached hydrogen (secondary N) is 1. The Kier molecular flexibility index (Phi) is 4.31. The molecule has 1 fully saturated rings. The van der Waals surface area contributed by atoms with E-state index in [2.05, 4.69) is 27.1 Å². The number of piperidine rings is 1. The van der Waals surface area contributed by atoms with Gasteiger partial charge in [0, 0.05) is 25.5 Å². The summed E-state index contributed by atoms with van der Waals surface area (Å²) in [6, 6.07) is 0. The first-order valence-electron chi connectivity index (χ1n) is 6.54. The molecular weight excluding hydrogens is 212 g/mol. The Balaban J connectivity index is 1.99. The van der Waals surface area contributed by atoms with E-state index in [-0.39, 0.29) is 0 Å². The summed E-state index contributed by atoms with van der Waals surface area (Å²) >= 11 is 0. The molecule has 0 bridgehead atoms. The third-order valence-corrected chi connectivity index (χ3v) is 3.36. The maximum absolute atomic E-state index is 4.46. The SMILES string of the molecule is CCNCC1CCCN(c2nccnc2C)C1. The number of aryl methyl sites for hydroxylation is 1. The van der Waals surface area contributed by atoms with Gasteiger partial charge in [0.1, 0.15) is 5.82 Å². The minimum atomic E-state index is 0.741. The van der Waals surface area contributed by atoms with Crippen molar-refractivity contribution in [3.8, 4) is 0 Å². The van der Waals surface area contributed by atoms with Crippen LogP contribution in [-0.2, 0) is 0 Å². The van der Waals surface area contributed by atoms with Gasteiger partial charge in [-0.05, 0) is 38.8 Å². The Labute approximate surface area is 103 Å². The summed E-state index contributed by atoms with van der Waals surface area (Å²) in [5.41, 5.74) is 1.04. The van der Waals surface area contributed by atoms with E-state index in [0.29, 0.717) is 0 Å². The molecule has 1 aliphatic heterocycles. The predicted octanol–water partition coefficient (Wildman–Crippen LogP) is 1.61. The topological polar surface area (TPSA) is 41.0 Å². The van der Waals surface area contributed by atoms with Crippen molar-refractivity contribution < 1.29 is 0 Å². The van der Waals surface area contributed by atoms with Crippen molar-refractivity contribution in [2.75, 3.05) is 31.1 Å². The molecule has 0 spiro atoms. The lowest BCUT2D eigenvalue weighted by atomic mass is 9.98. The van der Waals surface area contributed by atoms with Crippen LogP contribution in [0, 0.1) is 12.8 Å².